The van der Waals surface area contributed by atoms with Gasteiger partial charge in [0.15, 0.2) is 9.84 Å². The number of rotatable bonds is 7. The maximum atomic E-state index is 12.2. The van der Waals surface area contributed by atoms with E-state index in [1.54, 1.807) is 19.1 Å². The fourth-order valence-corrected chi connectivity index (χ4v) is 4.36. The third-order valence-electron chi connectivity index (χ3n) is 5.16. The molecule has 2 amide bonds. The van der Waals surface area contributed by atoms with E-state index >= 15 is 0 Å². The summed E-state index contributed by atoms with van der Waals surface area (Å²) in [6.07, 6.45) is 3.90. The maximum Gasteiger partial charge on any atom is 0.319 e. The van der Waals surface area contributed by atoms with E-state index in [4.69, 9.17) is 0 Å². The number of piperidine rings is 1. The SMILES string of the molecule is CCS(=O)(=O)c1cccc(NC(=O)NCc2ccc(CN3CCCCC3)cc2)c1. The molecule has 1 aliphatic rings. The van der Waals surface area contributed by atoms with Crippen LogP contribution in [0.3, 0.4) is 0 Å². The number of amides is 2. The molecule has 156 valence electrons. The number of carbonyl (C=O) groups is 1. The molecule has 0 bridgehead atoms. The fraction of sp³-hybridized carbons (Fsp3) is 0.409. The number of carbonyl (C=O) groups excluding carboxylic acids is 1. The van der Waals surface area contributed by atoms with Crippen molar-refractivity contribution in [2.75, 3.05) is 24.2 Å². The van der Waals surface area contributed by atoms with E-state index in [0.29, 0.717) is 12.2 Å². The molecule has 7 heteroatoms. The van der Waals surface area contributed by atoms with Crippen LogP contribution in [0.15, 0.2) is 53.4 Å². The quantitative estimate of drug-likeness (QED) is 0.721. The fourth-order valence-electron chi connectivity index (χ4n) is 3.43. The van der Waals surface area contributed by atoms with Crippen LogP contribution in [0.4, 0.5) is 10.5 Å². The largest absolute Gasteiger partial charge is 0.334 e. The number of benzene rings is 2. The Morgan fingerprint density at radius 2 is 1.69 bits per heavy atom. The van der Waals surface area contributed by atoms with Gasteiger partial charge in [-0.25, -0.2) is 13.2 Å². The second-order valence-electron chi connectivity index (χ2n) is 7.39. The summed E-state index contributed by atoms with van der Waals surface area (Å²) in [5.41, 5.74) is 2.76. The molecule has 3 rings (SSSR count). The van der Waals surface area contributed by atoms with Gasteiger partial charge in [0.05, 0.1) is 10.6 Å². The molecule has 0 spiro atoms. The van der Waals surface area contributed by atoms with Crippen molar-refractivity contribution in [1.29, 1.82) is 0 Å². The molecule has 0 aromatic heterocycles. The molecule has 1 fully saturated rings. The topological polar surface area (TPSA) is 78.5 Å². The van der Waals surface area contributed by atoms with Gasteiger partial charge in [0.1, 0.15) is 0 Å². The number of sulfone groups is 1. The number of hydrogen-bond acceptors (Lipinski definition) is 4. The van der Waals surface area contributed by atoms with Gasteiger partial charge in [-0.15, -0.1) is 0 Å². The molecule has 2 N–H and O–H groups in total. The highest BCUT2D eigenvalue weighted by molar-refractivity contribution is 7.91. The lowest BCUT2D eigenvalue weighted by atomic mass is 10.1. The van der Waals surface area contributed by atoms with Crippen LogP contribution in [0, 0.1) is 0 Å². The van der Waals surface area contributed by atoms with Crippen LogP contribution in [0.5, 0.6) is 0 Å². The van der Waals surface area contributed by atoms with Crippen LogP contribution in [0.2, 0.25) is 0 Å². The van der Waals surface area contributed by atoms with Gasteiger partial charge in [0, 0.05) is 18.8 Å². The van der Waals surface area contributed by atoms with Crippen molar-refractivity contribution in [2.45, 2.75) is 44.2 Å². The molecule has 0 aliphatic carbocycles. The minimum absolute atomic E-state index is 0.0242. The lowest BCUT2D eigenvalue weighted by Crippen LogP contribution is -2.29. The monoisotopic (exact) mass is 415 g/mol. The minimum Gasteiger partial charge on any atom is -0.334 e. The highest BCUT2D eigenvalue weighted by Gasteiger charge is 2.13. The molecule has 29 heavy (non-hydrogen) atoms. The van der Waals surface area contributed by atoms with E-state index in [1.807, 2.05) is 12.1 Å². The molecular weight excluding hydrogens is 386 g/mol. The zero-order chi connectivity index (χ0) is 20.7. The Labute approximate surface area is 173 Å². The van der Waals surface area contributed by atoms with Crippen LogP contribution in [0.1, 0.15) is 37.3 Å². The van der Waals surface area contributed by atoms with E-state index in [0.717, 1.165) is 12.1 Å². The van der Waals surface area contributed by atoms with E-state index in [9.17, 15) is 13.2 Å². The number of nitrogens with one attached hydrogen (secondary N) is 2. The van der Waals surface area contributed by atoms with Crippen molar-refractivity contribution in [3.05, 3.63) is 59.7 Å². The van der Waals surface area contributed by atoms with Crippen LogP contribution >= 0.6 is 0 Å². The average molecular weight is 416 g/mol. The number of hydrogen-bond donors (Lipinski definition) is 2. The molecule has 2 aromatic carbocycles. The zero-order valence-electron chi connectivity index (χ0n) is 16.9. The molecule has 0 atom stereocenters. The summed E-state index contributed by atoms with van der Waals surface area (Å²) < 4.78 is 23.9. The second kappa shape index (κ2) is 9.89. The average Bonchev–Trinajstić information content (AvgIpc) is 2.74. The molecule has 1 saturated heterocycles. The first-order valence-corrected chi connectivity index (χ1v) is 11.8. The lowest BCUT2D eigenvalue weighted by molar-refractivity contribution is 0.221. The summed E-state index contributed by atoms with van der Waals surface area (Å²) in [6, 6.07) is 14.2. The highest BCUT2D eigenvalue weighted by Crippen LogP contribution is 2.17. The number of likely N-dealkylation sites (tertiary alicyclic amines) is 1. The van der Waals surface area contributed by atoms with E-state index in [-0.39, 0.29) is 16.7 Å². The van der Waals surface area contributed by atoms with Gasteiger partial charge < -0.3 is 10.6 Å². The molecule has 1 heterocycles. The van der Waals surface area contributed by atoms with Crippen molar-refractivity contribution in [3.8, 4) is 0 Å². The Kier molecular flexibility index (Phi) is 7.28. The van der Waals surface area contributed by atoms with Gasteiger partial charge in [-0.3, -0.25) is 4.90 Å². The van der Waals surface area contributed by atoms with Crippen molar-refractivity contribution in [1.82, 2.24) is 10.2 Å². The standard InChI is InChI=1S/C22H29N3O3S/c1-2-29(27,28)21-8-6-7-20(15-21)24-22(26)23-16-18-9-11-19(12-10-18)17-25-13-4-3-5-14-25/h6-12,15H,2-5,13-14,16-17H2,1H3,(H2,23,24,26). The zero-order valence-corrected chi connectivity index (χ0v) is 17.7. The van der Waals surface area contributed by atoms with Gasteiger partial charge in [-0.05, 0) is 55.3 Å². The normalized spacial score (nSPS) is 15.1. The first kappa shape index (κ1) is 21.3. The van der Waals surface area contributed by atoms with Crippen molar-refractivity contribution < 1.29 is 13.2 Å². The molecule has 0 radical (unpaired) electrons. The minimum atomic E-state index is -3.30. The third kappa shape index (κ3) is 6.30. The summed E-state index contributed by atoms with van der Waals surface area (Å²) in [4.78, 5) is 14.9. The molecule has 1 aliphatic heterocycles. The van der Waals surface area contributed by atoms with E-state index in [2.05, 4.69) is 27.7 Å². The molecule has 0 saturated carbocycles. The van der Waals surface area contributed by atoms with Crippen molar-refractivity contribution in [2.24, 2.45) is 0 Å². The second-order valence-corrected chi connectivity index (χ2v) is 9.67. The molecule has 0 unspecified atom stereocenters. The third-order valence-corrected chi connectivity index (χ3v) is 6.89. The first-order chi connectivity index (χ1) is 14.0. The number of nitrogens with zero attached hydrogens (tertiary/aromatic N) is 1. The Balaban J connectivity index is 1.50. The van der Waals surface area contributed by atoms with Gasteiger partial charge in [-0.1, -0.05) is 43.7 Å². The summed E-state index contributed by atoms with van der Waals surface area (Å²) in [5.74, 6) is 0.0242. The Morgan fingerprint density at radius 3 is 2.38 bits per heavy atom. The predicted octanol–water partition coefficient (Wildman–Crippen LogP) is 3.79. The smallest absolute Gasteiger partial charge is 0.319 e. The Bertz CT molecular complexity index is 921. The summed E-state index contributed by atoms with van der Waals surface area (Å²) in [5, 5.41) is 5.50. The van der Waals surface area contributed by atoms with Crippen LogP contribution in [-0.2, 0) is 22.9 Å². The van der Waals surface area contributed by atoms with E-state index in [1.165, 1.54) is 50.0 Å². The Morgan fingerprint density at radius 1 is 1.00 bits per heavy atom. The summed E-state index contributed by atoms with van der Waals surface area (Å²) in [6.45, 7) is 5.32. The van der Waals surface area contributed by atoms with Gasteiger partial charge >= 0.3 is 6.03 Å². The lowest BCUT2D eigenvalue weighted by Gasteiger charge is -2.26. The highest BCUT2D eigenvalue weighted by atomic mass is 32.2. The van der Waals surface area contributed by atoms with Crippen molar-refractivity contribution in [3.63, 3.8) is 0 Å². The predicted molar refractivity (Wildman–Crippen MR) is 116 cm³/mol. The molecule has 2 aromatic rings. The number of urea groups is 1. The van der Waals surface area contributed by atoms with Gasteiger partial charge in [0.2, 0.25) is 0 Å². The van der Waals surface area contributed by atoms with Gasteiger partial charge in [-0.2, -0.15) is 0 Å². The van der Waals surface area contributed by atoms with E-state index < -0.39 is 9.84 Å². The summed E-state index contributed by atoms with van der Waals surface area (Å²) in [7, 11) is -3.30. The summed E-state index contributed by atoms with van der Waals surface area (Å²) >= 11 is 0. The Hall–Kier alpha value is -2.38. The first-order valence-electron chi connectivity index (χ1n) is 10.1. The van der Waals surface area contributed by atoms with Crippen LogP contribution in [0.25, 0.3) is 0 Å². The maximum absolute atomic E-state index is 12.2. The van der Waals surface area contributed by atoms with Crippen LogP contribution in [-0.4, -0.2) is 38.2 Å². The molecular formula is C22H29N3O3S. The molecule has 6 nitrogen and oxygen atoms in total. The number of anilines is 1. The van der Waals surface area contributed by atoms with Crippen LogP contribution < -0.4 is 10.6 Å². The van der Waals surface area contributed by atoms with Crippen molar-refractivity contribution >= 4 is 21.6 Å². The van der Waals surface area contributed by atoms with Gasteiger partial charge in [0.25, 0.3) is 0 Å².